The predicted octanol–water partition coefficient (Wildman–Crippen LogP) is 3.07. The van der Waals surface area contributed by atoms with Gasteiger partial charge in [0.2, 0.25) is 0 Å². The molecule has 10 heavy (non-hydrogen) atoms. The molecule has 1 unspecified atom stereocenters. The average molecular weight is 134 g/mol. The van der Waals surface area contributed by atoms with Gasteiger partial charge in [-0.15, -0.1) is 12.3 Å². The van der Waals surface area contributed by atoms with Crippen LogP contribution in [0, 0.1) is 5.41 Å². The van der Waals surface area contributed by atoms with Crippen molar-refractivity contribution in [3.8, 4) is 0 Å². The van der Waals surface area contributed by atoms with Crippen LogP contribution in [0.15, 0.2) is 30.0 Å². The van der Waals surface area contributed by atoms with E-state index in [1.807, 2.05) is 6.08 Å². The van der Waals surface area contributed by atoms with Gasteiger partial charge in [0.15, 0.2) is 0 Å². The van der Waals surface area contributed by atoms with E-state index in [1.54, 1.807) is 0 Å². The van der Waals surface area contributed by atoms with Crippen LogP contribution in [0.2, 0.25) is 0 Å². The number of rotatable bonds is 2. The molecular weight excluding hydrogens is 120 g/mol. The Hall–Kier alpha value is -0.740. The Morgan fingerprint density at radius 3 is 2.90 bits per heavy atom. The molecule has 1 aliphatic rings. The summed E-state index contributed by atoms with van der Waals surface area (Å²) in [5.74, 6) is 0. The van der Waals surface area contributed by atoms with Crippen LogP contribution in [-0.2, 0) is 0 Å². The molecule has 0 saturated carbocycles. The molecule has 0 aromatic rings. The third-order valence-corrected chi connectivity index (χ3v) is 2.09. The summed E-state index contributed by atoms with van der Waals surface area (Å²) < 4.78 is 0. The van der Waals surface area contributed by atoms with Crippen molar-refractivity contribution in [2.75, 3.05) is 0 Å². The van der Waals surface area contributed by atoms with Crippen LogP contribution in [0.4, 0.5) is 0 Å². The van der Waals surface area contributed by atoms with Crippen LogP contribution < -0.4 is 0 Å². The largest absolute Gasteiger partial charge is 0.125 e. The first-order valence-corrected chi connectivity index (χ1v) is 3.79. The van der Waals surface area contributed by atoms with Gasteiger partial charge in [0, 0.05) is 5.41 Å². The maximum absolute atomic E-state index is 3.80. The van der Waals surface area contributed by atoms with E-state index >= 15 is 0 Å². The standard InChI is InChI=1S/C10H14/c1-4-9-6-7-10(3,5-2)8-9/h5,7H,2,4,8H2,1,3H3. The predicted molar refractivity (Wildman–Crippen MR) is 44.8 cm³/mol. The molecule has 0 radical (unpaired) electrons. The first kappa shape index (κ1) is 7.37. The Morgan fingerprint density at radius 1 is 1.90 bits per heavy atom. The first-order chi connectivity index (χ1) is 4.70. The summed E-state index contributed by atoms with van der Waals surface area (Å²) in [6.07, 6.45) is 6.37. The Labute approximate surface area is 62.9 Å². The lowest BCUT2D eigenvalue weighted by Crippen LogP contribution is -2.05. The van der Waals surface area contributed by atoms with Gasteiger partial charge in [0.25, 0.3) is 0 Å². The number of hydrogen-bond acceptors (Lipinski definition) is 0. The van der Waals surface area contributed by atoms with Crippen LogP contribution in [0.5, 0.6) is 0 Å². The molecule has 0 N–H and O–H groups in total. The highest BCUT2D eigenvalue weighted by atomic mass is 14.2. The third-order valence-electron chi connectivity index (χ3n) is 2.09. The van der Waals surface area contributed by atoms with E-state index in [0.717, 1.165) is 12.8 Å². The molecule has 0 nitrogen and oxygen atoms in total. The fourth-order valence-electron chi connectivity index (χ4n) is 1.19. The highest BCUT2D eigenvalue weighted by Gasteiger charge is 2.21. The van der Waals surface area contributed by atoms with Crippen molar-refractivity contribution < 1.29 is 0 Å². The van der Waals surface area contributed by atoms with E-state index in [1.165, 1.54) is 5.57 Å². The minimum absolute atomic E-state index is 0.200. The molecule has 54 valence electrons. The van der Waals surface area contributed by atoms with E-state index in [2.05, 4.69) is 32.2 Å². The first-order valence-electron chi connectivity index (χ1n) is 3.79. The summed E-state index contributed by atoms with van der Waals surface area (Å²) in [5.41, 5.74) is 4.89. The van der Waals surface area contributed by atoms with Gasteiger partial charge in [-0.25, -0.2) is 0 Å². The van der Waals surface area contributed by atoms with Crippen molar-refractivity contribution in [3.63, 3.8) is 0 Å². The number of hydrogen-bond donors (Lipinski definition) is 0. The Morgan fingerprint density at radius 2 is 2.60 bits per heavy atom. The molecular formula is C10H14. The highest BCUT2D eigenvalue weighted by Crippen LogP contribution is 2.33. The zero-order valence-electron chi connectivity index (χ0n) is 6.78. The van der Waals surface area contributed by atoms with Crippen molar-refractivity contribution >= 4 is 0 Å². The summed E-state index contributed by atoms with van der Waals surface area (Å²) in [5, 5.41) is 0. The maximum Gasteiger partial charge on any atom is 0.0149 e. The molecule has 0 heterocycles. The van der Waals surface area contributed by atoms with Crippen molar-refractivity contribution in [3.05, 3.63) is 30.0 Å². The van der Waals surface area contributed by atoms with Crippen LogP contribution in [0.3, 0.4) is 0 Å². The zero-order valence-corrected chi connectivity index (χ0v) is 6.78. The summed E-state index contributed by atoms with van der Waals surface area (Å²) in [6.45, 7) is 8.16. The minimum atomic E-state index is 0.200. The minimum Gasteiger partial charge on any atom is -0.125 e. The monoisotopic (exact) mass is 134 g/mol. The van der Waals surface area contributed by atoms with Gasteiger partial charge in [0.1, 0.15) is 0 Å². The number of allylic oxidation sites excluding steroid dienone is 2. The highest BCUT2D eigenvalue weighted by molar-refractivity contribution is 5.22. The summed E-state index contributed by atoms with van der Waals surface area (Å²) in [4.78, 5) is 0. The Kier molecular flexibility index (Phi) is 1.82. The van der Waals surface area contributed by atoms with Crippen LogP contribution in [0.25, 0.3) is 0 Å². The molecule has 1 atom stereocenters. The van der Waals surface area contributed by atoms with Crippen molar-refractivity contribution in [1.29, 1.82) is 0 Å². The van der Waals surface area contributed by atoms with Crippen molar-refractivity contribution in [2.45, 2.75) is 26.7 Å². The molecule has 0 aromatic heterocycles. The summed E-state index contributed by atoms with van der Waals surface area (Å²) >= 11 is 0. The van der Waals surface area contributed by atoms with E-state index in [4.69, 9.17) is 0 Å². The third kappa shape index (κ3) is 1.22. The molecule has 0 aliphatic heterocycles. The fraction of sp³-hybridized carbons (Fsp3) is 0.500. The van der Waals surface area contributed by atoms with Gasteiger partial charge in [0.05, 0.1) is 0 Å². The second-order valence-electron chi connectivity index (χ2n) is 3.13. The van der Waals surface area contributed by atoms with Crippen LogP contribution in [-0.4, -0.2) is 0 Å². The lowest BCUT2D eigenvalue weighted by atomic mass is 9.88. The maximum atomic E-state index is 3.80. The molecule has 1 aliphatic carbocycles. The molecule has 1 rings (SSSR count). The van der Waals surface area contributed by atoms with Crippen molar-refractivity contribution in [1.82, 2.24) is 0 Å². The molecule has 0 heteroatoms. The lowest BCUT2D eigenvalue weighted by Gasteiger charge is -2.15. The SMILES string of the molecule is C=CC1(C)C=C=C(CC)C1. The van der Waals surface area contributed by atoms with E-state index < -0.39 is 0 Å². The average Bonchev–Trinajstić information content (AvgIpc) is 2.33. The quantitative estimate of drug-likeness (QED) is 0.402. The van der Waals surface area contributed by atoms with E-state index in [-0.39, 0.29) is 5.41 Å². The van der Waals surface area contributed by atoms with Crippen LogP contribution in [0.1, 0.15) is 26.7 Å². The van der Waals surface area contributed by atoms with E-state index in [9.17, 15) is 0 Å². The zero-order chi connectivity index (χ0) is 7.61. The summed E-state index contributed by atoms with van der Waals surface area (Å²) in [7, 11) is 0. The smallest absolute Gasteiger partial charge is 0.0149 e. The molecule has 0 amide bonds. The second-order valence-corrected chi connectivity index (χ2v) is 3.13. The topological polar surface area (TPSA) is 0 Å². The summed E-state index contributed by atoms with van der Waals surface area (Å²) in [6, 6.07) is 0. The molecule has 0 fully saturated rings. The van der Waals surface area contributed by atoms with E-state index in [0.29, 0.717) is 0 Å². The normalized spacial score (nSPS) is 30.4. The van der Waals surface area contributed by atoms with Gasteiger partial charge in [-0.1, -0.05) is 19.9 Å². The van der Waals surface area contributed by atoms with Crippen molar-refractivity contribution in [2.24, 2.45) is 5.41 Å². The lowest BCUT2D eigenvalue weighted by molar-refractivity contribution is 0.558. The van der Waals surface area contributed by atoms with Gasteiger partial charge in [-0.05, 0) is 24.5 Å². The fourth-order valence-corrected chi connectivity index (χ4v) is 1.19. The van der Waals surface area contributed by atoms with Gasteiger partial charge in [-0.2, -0.15) is 0 Å². The van der Waals surface area contributed by atoms with Gasteiger partial charge >= 0.3 is 0 Å². The second kappa shape index (κ2) is 2.48. The van der Waals surface area contributed by atoms with Gasteiger partial charge in [-0.3, -0.25) is 0 Å². The van der Waals surface area contributed by atoms with Crippen LogP contribution >= 0.6 is 0 Å². The Balaban J connectivity index is 2.70. The molecule has 0 aromatic carbocycles. The van der Waals surface area contributed by atoms with Gasteiger partial charge < -0.3 is 0 Å². The molecule has 0 saturated heterocycles. The molecule has 0 bridgehead atoms. The Bertz CT molecular complexity index is 204. The molecule has 0 spiro atoms.